The smallest absolute Gasteiger partial charge is 0.231 e. The van der Waals surface area contributed by atoms with Gasteiger partial charge in [0.25, 0.3) is 0 Å². The van der Waals surface area contributed by atoms with Crippen LogP contribution in [0.1, 0.15) is 45.1 Å². The average molecular weight is 489 g/mol. The third kappa shape index (κ3) is 5.40. The summed E-state index contributed by atoms with van der Waals surface area (Å²) in [6.45, 7) is 6.69. The average Bonchev–Trinajstić information content (AvgIpc) is 3.09. The monoisotopic (exact) mass is 489 g/mol. The highest BCUT2D eigenvalue weighted by atomic mass is 127. The number of guanidine groups is 1. The number of rotatable bonds is 5. The molecule has 152 valence electrons. The van der Waals surface area contributed by atoms with Crippen molar-refractivity contribution in [1.82, 2.24) is 10.2 Å². The molecule has 27 heavy (non-hydrogen) atoms. The Morgan fingerprint density at radius 1 is 1.33 bits per heavy atom. The first kappa shape index (κ1) is 22.1. The van der Waals surface area contributed by atoms with Crippen LogP contribution >= 0.6 is 24.0 Å². The number of aliphatic hydroxyl groups excluding tert-OH is 1. The SMILES string of the molecule is CCNC(=NCC1(C)CCCCC1O)N(C)Cc1ccc2c(c1)OCO2.I. The first-order valence-corrected chi connectivity index (χ1v) is 9.58. The summed E-state index contributed by atoms with van der Waals surface area (Å²) >= 11 is 0. The van der Waals surface area contributed by atoms with E-state index in [0.717, 1.165) is 55.4 Å². The molecule has 1 heterocycles. The predicted octanol–water partition coefficient (Wildman–Crippen LogP) is 3.37. The van der Waals surface area contributed by atoms with E-state index >= 15 is 0 Å². The Morgan fingerprint density at radius 3 is 2.85 bits per heavy atom. The summed E-state index contributed by atoms with van der Waals surface area (Å²) in [7, 11) is 2.03. The maximum absolute atomic E-state index is 10.4. The van der Waals surface area contributed by atoms with E-state index < -0.39 is 0 Å². The maximum atomic E-state index is 10.4. The van der Waals surface area contributed by atoms with E-state index in [-0.39, 0.29) is 35.5 Å². The lowest BCUT2D eigenvalue weighted by molar-refractivity contribution is 0.00705. The summed E-state index contributed by atoms with van der Waals surface area (Å²) in [5.74, 6) is 2.47. The van der Waals surface area contributed by atoms with Crippen LogP contribution in [0.2, 0.25) is 0 Å². The van der Waals surface area contributed by atoms with Gasteiger partial charge in [0, 0.05) is 25.6 Å². The van der Waals surface area contributed by atoms with E-state index in [1.807, 2.05) is 19.2 Å². The molecule has 2 atom stereocenters. The molecule has 0 saturated heterocycles. The molecular weight excluding hydrogens is 457 g/mol. The Hall–Kier alpha value is -1.22. The normalized spacial score (nSPS) is 24.3. The molecule has 6 nitrogen and oxygen atoms in total. The minimum Gasteiger partial charge on any atom is -0.454 e. The Bertz CT molecular complexity index is 655. The number of fused-ring (bicyclic) bond motifs is 1. The Labute approximate surface area is 179 Å². The van der Waals surface area contributed by atoms with Crippen molar-refractivity contribution in [3.63, 3.8) is 0 Å². The highest BCUT2D eigenvalue weighted by Gasteiger charge is 2.35. The number of halogens is 1. The van der Waals surface area contributed by atoms with Crippen LogP contribution in [-0.2, 0) is 6.54 Å². The van der Waals surface area contributed by atoms with E-state index in [0.29, 0.717) is 13.3 Å². The van der Waals surface area contributed by atoms with Gasteiger partial charge in [0.2, 0.25) is 6.79 Å². The van der Waals surface area contributed by atoms with Crippen LogP contribution in [0.15, 0.2) is 23.2 Å². The minimum absolute atomic E-state index is 0. The molecule has 1 aliphatic carbocycles. The van der Waals surface area contributed by atoms with Gasteiger partial charge in [-0.15, -0.1) is 24.0 Å². The van der Waals surface area contributed by atoms with E-state index in [4.69, 9.17) is 14.5 Å². The summed E-state index contributed by atoms with van der Waals surface area (Å²) in [6, 6.07) is 6.03. The van der Waals surface area contributed by atoms with E-state index in [9.17, 15) is 5.11 Å². The molecule has 0 radical (unpaired) electrons. The highest BCUT2D eigenvalue weighted by Crippen LogP contribution is 2.36. The fourth-order valence-corrected chi connectivity index (χ4v) is 3.68. The van der Waals surface area contributed by atoms with E-state index in [1.54, 1.807) is 0 Å². The van der Waals surface area contributed by atoms with Crippen molar-refractivity contribution >= 4 is 29.9 Å². The molecule has 2 unspecified atom stereocenters. The van der Waals surface area contributed by atoms with Gasteiger partial charge in [0.05, 0.1) is 12.6 Å². The van der Waals surface area contributed by atoms with Crippen molar-refractivity contribution in [2.45, 2.75) is 52.2 Å². The Kier molecular flexibility index (Phi) is 8.03. The van der Waals surface area contributed by atoms with E-state index in [2.05, 4.69) is 30.1 Å². The quantitative estimate of drug-likeness (QED) is 0.377. The summed E-state index contributed by atoms with van der Waals surface area (Å²) in [6.07, 6.45) is 3.94. The van der Waals surface area contributed by atoms with Crippen molar-refractivity contribution in [1.29, 1.82) is 0 Å². The number of aliphatic hydroxyl groups is 1. The second-order valence-electron chi connectivity index (χ2n) is 7.63. The van der Waals surface area contributed by atoms with Gasteiger partial charge in [-0.3, -0.25) is 4.99 Å². The largest absolute Gasteiger partial charge is 0.454 e. The number of ether oxygens (including phenoxy) is 2. The topological polar surface area (TPSA) is 66.3 Å². The zero-order valence-electron chi connectivity index (χ0n) is 16.5. The molecule has 1 aromatic carbocycles. The lowest BCUT2D eigenvalue weighted by atomic mass is 9.73. The molecule has 1 aromatic rings. The van der Waals surface area contributed by atoms with Crippen LogP contribution in [0.25, 0.3) is 0 Å². The van der Waals surface area contributed by atoms with Crippen LogP contribution in [0.4, 0.5) is 0 Å². The number of benzene rings is 1. The molecule has 1 aliphatic heterocycles. The standard InChI is InChI=1S/C20H31N3O3.HI/c1-4-21-19(22-13-20(2)10-6-5-7-18(20)24)23(3)12-15-8-9-16-17(11-15)26-14-25-16;/h8-9,11,18,24H,4-7,10,12-14H2,1-3H3,(H,21,22);1H. The summed E-state index contributed by atoms with van der Waals surface area (Å²) in [5, 5.41) is 13.8. The van der Waals surface area contributed by atoms with Crippen LogP contribution in [0, 0.1) is 5.41 Å². The van der Waals surface area contributed by atoms with Crippen LogP contribution < -0.4 is 14.8 Å². The van der Waals surface area contributed by atoms with Crippen molar-refractivity contribution in [2.24, 2.45) is 10.4 Å². The summed E-state index contributed by atoms with van der Waals surface area (Å²) in [4.78, 5) is 6.95. The van der Waals surface area contributed by atoms with Gasteiger partial charge in [0.15, 0.2) is 17.5 Å². The van der Waals surface area contributed by atoms with Crippen LogP contribution in [0.3, 0.4) is 0 Å². The fourth-order valence-electron chi connectivity index (χ4n) is 3.68. The van der Waals surface area contributed by atoms with Gasteiger partial charge >= 0.3 is 0 Å². The third-order valence-electron chi connectivity index (χ3n) is 5.42. The van der Waals surface area contributed by atoms with E-state index in [1.165, 1.54) is 6.42 Å². The number of hydrogen-bond donors (Lipinski definition) is 2. The van der Waals surface area contributed by atoms with Gasteiger partial charge in [-0.05, 0) is 37.5 Å². The van der Waals surface area contributed by atoms with Crippen molar-refractivity contribution in [3.05, 3.63) is 23.8 Å². The molecule has 0 aromatic heterocycles. The zero-order chi connectivity index (χ0) is 18.6. The second-order valence-corrected chi connectivity index (χ2v) is 7.63. The summed E-state index contributed by atoms with van der Waals surface area (Å²) < 4.78 is 10.8. The maximum Gasteiger partial charge on any atom is 0.231 e. The van der Waals surface area contributed by atoms with Gasteiger partial charge in [0.1, 0.15) is 0 Å². The zero-order valence-corrected chi connectivity index (χ0v) is 18.9. The van der Waals surface area contributed by atoms with Gasteiger partial charge in [-0.2, -0.15) is 0 Å². The third-order valence-corrected chi connectivity index (χ3v) is 5.42. The number of aliphatic imine (C=N–C) groups is 1. The van der Waals surface area contributed by atoms with Crippen molar-refractivity contribution in [3.8, 4) is 11.5 Å². The summed E-state index contributed by atoms with van der Waals surface area (Å²) in [5.41, 5.74) is 1.02. The Balaban J connectivity index is 0.00000261. The van der Waals surface area contributed by atoms with Gasteiger partial charge in [-0.1, -0.05) is 25.8 Å². The number of nitrogens with one attached hydrogen (secondary N) is 1. The highest BCUT2D eigenvalue weighted by molar-refractivity contribution is 14.0. The number of hydrogen-bond acceptors (Lipinski definition) is 4. The molecule has 7 heteroatoms. The molecule has 3 rings (SSSR count). The van der Waals surface area contributed by atoms with Crippen molar-refractivity contribution < 1.29 is 14.6 Å². The Morgan fingerprint density at radius 2 is 2.11 bits per heavy atom. The lowest BCUT2D eigenvalue weighted by Crippen LogP contribution is -2.42. The fraction of sp³-hybridized carbons (Fsp3) is 0.650. The molecule has 2 aliphatic rings. The first-order chi connectivity index (χ1) is 12.5. The molecule has 1 saturated carbocycles. The molecule has 0 amide bonds. The lowest BCUT2D eigenvalue weighted by Gasteiger charge is -2.37. The van der Waals surface area contributed by atoms with Gasteiger partial charge < -0.3 is 24.8 Å². The predicted molar refractivity (Wildman–Crippen MR) is 118 cm³/mol. The van der Waals surface area contributed by atoms with Crippen LogP contribution in [0.5, 0.6) is 11.5 Å². The molecule has 1 fully saturated rings. The van der Waals surface area contributed by atoms with Crippen LogP contribution in [-0.4, -0.2) is 49.0 Å². The molecule has 0 spiro atoms. The van der Waals surface area contributed by atoms with Gasteiger partial charge in [-0.25, -0.2) is 0 Å². The van der Waals surface area contributed by atoms with Crippen molar-refractivity contribution in [2.75, 3.05) is 26.9 Å². The second kappa shape index (κ2) is 9.82. The minimum atomic E-state index is -0.262. The molecule has 0 bridgehead atoms. The number of nitrogens with zero attached hydrogens (tertiary/aromatic N) is 2. The molecule has 2 N–H and O–H groups in total. The molecular formula is C20H32IN3O3. The first-order valence-electron chi connectivity index (χ1n) is 9.58.